The fraction of sp³-hybridized carbons (Fsp3) is 0. The van der Waals surface area contributed by atoms with E-state index in [1.165, 1.54) is 0 Å². The van der Waals surface area contributed by atoms with Crippen molar-refractivity contribution in [3.05, 3.63) is 0 Å². The van der Waals surface area contributed by atoms with Gasteiger partial charge >= 0.3 is 41.6 Å². The molecule has 5 N–H and O–H groups in total. The van der Waals surface area contributed by atoms with E-state index in [-0.39, 0.29) is 35.5 Å². The van der Waals surface area contributed by atoms with Crippen LogP contribution in [-0.2, 0) is 0 Å². The first kappa shape index (κ1) is 12.6. The minimum absolute atomic E-state index is 0. The van der Waals surface area contributed by atoms with Crippen LogP contribution in [0, 0.1) is 0 Å². The molecule has 0 rings (SSSR count). The van der Waals surface area contributed by atoms with Crippen molar-refractivity contribution < 1.29 is 40.6 Å². The first-order chi connectivity index (χ1) is 4.04. The summed E-state index contributed by atoms with van der Waals surface area (Å²) in [5.74, 6) is 4.66. The third-order valence-corrected chi connectivity index (χ3v) is 0.578. The SMILES string of the molecule is NC(=O)NC(=O)N(N)Cl.[H-].[Na+]. The number of amides is 4. The van der Waals surface area contributed by atoms with Crippen molar-refractivity contribution >= 4 is 23.8 Å². The monoisotopic (exact) mass is 176 g/mol. The van der Waals surface area contributed by atoms with E-state index in [0.29, 0.717) is 0 Å². The number of primary amides is 1. The number of hydrazine groups is 1. The fourth-order valence-electron chi connectivity index (χ4n) is 0.159. The van der Waals surface area contributed by atoms with Gasteiger partial charge in [-0.25, -0.2) is 15.4 Å². The molecule has 4 amide bonds. The van der Waals surface area contributed by atoms with Crippen LogP contribution < -0.4 is 46.5 Å². The van der Waals surface area contributed by atoms with Crippen molar-refractivity contribution in [1.29, 1.82) is 0 Å². The molecule has 8 heteroatoms. The Labute approximate surface area is 85.7 Å². The summed E-state index contributed by atoms with van der Waals surface area (Å²) in [5, 5.41) is 1.61. The molecule has 0 aliphatic heterocycles. The molecule has 0 fully saturated rings. The first-order valence-corrected chi connectivity index (χ1v) is 2.19. The van der Waals surface area contributed by atoms with Crippen molar-refractivity contribution in [3.63, 3.8) is 0 Å². The predicted octanol–water partition coefficient (Wildman–Crippen LogP) is -3.78. The van der Waals surface area contributed by atoms with Crippen LogP contribution in [0.4, 0.5) is 9.59 Å². The second-order valence-corrected chi connectivity index (χ2v) is 1.47. The molecule has 0 saturated heterocycles. The van der Waals surface area contributed by atoms with Gasteiger partial charge in [-0.05, 0) is 0 Å². The van der Waals surface area contributed by atoms with Crippen LogP contribution >= 0.6 is 11.8 Å². The molecule has 0 aliphatic rings. The second kappa shape index (κ2) is 5.75. The molecular formula is C2H6ClN4NaO2. The number of nitrogens with zero attached hydrogens (tertiary/aromatic N) is 1. The largest absolute Gasteiger partial charge is 1.00 e. The fourth-order valence-corrected chi connectivity index (χ4v) is 0.201. The van der Waals surface area contributed by atoms with Gasteiger partial charge in [0.05, 0.1) is 0 Å². The number of rotatable bonds is 0. The van der Waals surface area contributed by atoms with Crippen LogP contribution in [0.15, 0.2) is 0 Å². The summed E-state index contributed by atoms with van der Waals surface area (Å²) in [7, 11) is 0. The van der Waals surface area contributed by atoms with Gasteiger partial charge in [0.15, 0.2) is 0 Å². The van der Waals surface area contributed by atoms with Gasteiger partial charge in [-0.2, -0.15) is 4.53 Å². The summed E-state index contributed by atoms with van der Waals surface area (Å²) in [5.41, 5.74) is 4.52. The van der Waals surface area contributed by atoms with Gasteiger partial charge < -0.3 is 7.16 Å². The van der Waals surface area contributed by atoms with E-state index in [4.69, 9.17) is 11.8 Å². The number of imide groups is 1. The minimum atomic E-state index is -1.00. The third-order valence-electron chi connectivity index (χ3n) is 0.424. The molecule has 0 bridgehead atoms. The summed E-state index contributed by atoms with van der Waals surface area (Å²) < 4.78 is 0.185. The smallest absolute Gasteiger partial charge is 1.00 e. The summed E-state index contributed by atoms with van der Waals surface area (Å²) in [6, 6.07) is -1.97. The standard InChI is InChI=1S/C2H5ClN4O2.Na.H/c3-7(5)2(9)6-1(4)8;;/h5H2,(H3,4,6,8,9);;/q;+1;-1. The van der Waals surface area contributed by atoms with Gasteiger partial charge in [-0.3, -0.25) is 5.32 Å². The first-order valence-electron chi connectivity index (χ1n) is 1.85. The van der Waals surface area contributed by atoms with Gasteiger partial charge in [-0.1, -0.05) is 0 Å². The number of carbonyl (C=O) groups excluding carboxylic acids is 2. The average Bonchev–Trinajstić information content (AvgIpc) is 1.63. The van der Waals surface area contributed by atoms with Gasteiger partial charge in [-0.15, -0.1) is 0 Å². The molecule has 0 radical (unpaired) electrons. The molecule has 0 heterocycles. The number of hydrogen-bond acceptors (Lipinski definition) is 3. The maximum absolute atomic E-state index is 10.2. The molecule has 10 heavy (non-hydrogen) atoms. The van der Waals surface area contributed by atoms with Crippen molar-refractivity contribution in [2.75, 3.05) is 0 Å². The van der Waals surface area contributed by atoms with E-state index in [9.17, 15) is 9.59 Å². The molecule has 0 unspecified atom stereocenters. The van der Waals surface area contributed by atoms with E-state index in [1.807, 2.05) is 0 Å². The molecule has 0 spiro atoms. The zero-order chi connectivity index (χ0) is 7.44. The number of nitrogens with two attached hydrogens (primary N) is 2. The maximum Gasteiger partial charge on any atom is 1.00 e. The summed E-state index contributed by atoms with van der Waals surface area (Å²) >= 11 is 4.86. The Morgan fingerprint density at radius 1 is 1.60 bits per heavy atom. The Morgan fingerprint density at radius 2 is 2.00 bits per heavy atom. The Hall–Kier alpha value is -0.0100. The van der Waals surface area contributed by atoms with E-state index >= 15 is 0 Å². The molecule has 0 saturated carbocycles. The van der Waals surface area contributed by atoms with Crippen molar-refractivity contribution in [2.24, 2.45) is 11.6 Å². The zero-order valence-electron chi connectivity index (χ0n) is 6.30. The van der Waals surface area contributed by atoms with Crippen LogP contribution in [0.5, 0.6) is 0 Å². The van der Waals surface area contributed by atoms with E-state index in [2.05, 4.69) is 11.6 Å². The number of hydrogen-bond donors (Lipinski definition) is 3. The number of urea groups is 2. The molecule has 0 aromatic heterocycles. The Balaban J connectivity index is -0.000000320. The minimum Gasteiger partial charge on any atom is -1.00 e. The average molecular weight is 177 g/mol. The van der Waals surface area contributed by atoms with Gasteiger partial charge in [0.2, 0.25) is 0 Å². The van der Waals surface area contributed by atoms with Crippen LogP contribution in [0.1, 0.15) is 1.43 Å². The second-order valence-electron chi connectivity index (χ2n) is 1.11. The molecular weight excluding hydrogens is 170 g/mol. The van der Waals surface area contributed by atoms with Gasteiger partial charge in [0.1, 0.15) is 0 Å². The van der Waals surface area contributed by atoms with Crippen LogP contribution in [-0.4, -0.2) is 16.6 Å². The molecule has 6 nitrogen and oxygen atoms in total. The van der Waals surface area contributed by atoms with Crippen molar-refractivity contribution in [3.8, 4) is 0 Å². The van der Waals surface area contributed by atoms with E-state index in [0.717, 1.165) is 0 Å². The summed E-state index contributed by atoms with van der Waals surface area (Å²) in [4.78, 5) is 20.1. The predicted molar refractivity (Wildman–Crippen MR) is 31.1 cm³/mol. The number of halogens is 1. The van der Waals surface area contributed by atoms with E-state index < -0.39 is 12.1 Å². The maximum atomic E-state index is 10.2. The Kier molecular flexibility index (Phi) is 7.27. The molecule has 0 aromatic carbocycles. The molecule has 54 valence electrons. The van der Waals surface area contributed by atoms with E-state index in [1.54, 1.807) is 5.32 Å². The van der Waals surface area contributed by atoms with Gasteiger partial charge in [0.25, 0.3) is 0 Å². The summed E-state index contributed by atoms with van der Waals surface area (Å²) in [6.07, 6.45) is 0. The van der Waals surface area contributed by atoms with Crippen molar-refractivity contribution in [1.82, 2.24) is 9.84 Å². The van der Waals surface area contributed by atoms with Crippen LogP contribution in [0.25, 0.3) is 0 Å². The van der Waals surface area contributed by atoms with Crippen molar-refractivity contribution in [2.45, 2.75) is 0 Å². The third kappa shape index (κ3) is 6.12. The summed E-state index contributed by atoms with van der Waals surface area (Å²) in [6.45, 7) is 0. The van der Waals surface area contributed by atoms with Crippen LogP contribution in [0.3, 0.4) is 0 Å². The Morgan fingerprint density at radius 3 is 2.10 bits per heavy atom. The van der Waals surface area contributed by atoms with Crippen LogP contribution in [0.2, 0.25) is 0 Å². The molecule has 0 aromatic rings. The molecule has 0 aliphatic carbocycles. The normalized spacial score (nSPS) is 7.40. The topological polar surface area (TPSA) is 101 Å². The van der Waals surface area contributed by atoms with Gasteiger partial charge in [0, 0.05) is 11.8 Å². The molecule has 0 atom stereocenters. The zero-order valence-corrected chi connectivity index (χ0v) is 8.05. The number of nitrogens with one attached hydrogen (secondary N) is 1. The Bertz CT molecular complexity index is 144. The number of carbonyl (C=O) groups is 2. The quantitative estimate of drug-likeness (QED) is 0.116.